The highest BCUT2D eigenvalue weighted by Crippen LogP contribution is 2.31. The van der Waals surface area contributed by atoms with Gasteiger partial charge in [-0.05, 0) is 24.6 Å². The Morgan fingerprint density at radius 2 is 1.82 bits per heavy atom. The topological polar surface area (TPSA) is 122 Å². The van der Waals surface area contributed by atoms with Crippen LogP contribution in [-0.2, 0) is 25.5 Å². The first-order valence-electron chi connectivity index (χ1n) is 10.6. The summed E-state index contributed by atoms with van der Waals surface area (Å²) in [6.07, 6.45) is 4.07. The lowest BCUT2D eigenvalue weighted by atomic mass is 10.0. The number of benzene rings is 1. The number of fused-ring (bicyclic) bond motifs is 2. The van der Waals surface area contributed by atoms with Gasteiger partial charge in [-0.25, -0.2) is 9.97 Å². The zero-order valence-corrected chi connectivity index (χ0v) is 18.1. The number of nitrogens with zero attached hydrogens (tertiary/aromatic N) is 3. The first kappa shape index (κ1) is 21.5. The van der Waals surface area contributed by atoms with E-state index in [1.165, 1.54) is 6.92 Å². The molecule has 1 N–H and O–H groups in total. The number of hydrogen-bond donors (Lipinski definition) is 1. The van der Waals surface area contributed by atoms with Gasteiger partial charge in [-0.3, -0.25) is 9.59 Å². The van der Waals surface area contributed by atoms with E-state index in [2.05, 4.69) is 9.97 Å². The summed E-state index contributed by atoms with van der Waals surface area (Å²) >= 11 is 0. The number of ketones is 1. The van der Waals surface area contributed by atoms with Crippen LogP contribution in [0.1, 0.15) is 17.3 Å². The summed E-state index contributed by atoms with van der Waals surface area (Å²) in [6.45, 7) is 2.07. The lowest BCUT2D eigenvalue weighted by Gasteiger charge is -2.16. The van der Waals surface area contributed by atoms with Crippen LogP contribution in [0, 0.1) is 0 Å². The second kappa shape index (κ2) is 8.54. The summed E-state index contributed by atoms with van der Waals surface area (Å²) in [5.74, 6) is -1.11. The first-order valence-corrected chi connectivity index (χ1v) is 10.6. The number of aliphatic carboxylic acids is 1. The van der Waals surface area contributed by atoms with Crippen molar-refractivity contribution in [3.05, 3.63) is 42.4 Å². The van der Waals surface area contributed by atoms with Crippen LogP contribution in [0.25, 0.3) is 22.0 Å². The average Bonchev–Trinajstić information content (AvgIpc) is 3.48. The number of ether oxygens (including phenoxy) is 4. The van der Waals surface area contributed by atoms with Gasteiger partial charge in [-0.2, -0.15) is 0 Å². The van der Waals surface area contributed by atoms with Gasteiger partial charge in [0.2, 0.25) is 0 Å². The van der Waals surface area contributed by atoms with E-state index >= 15 is 0 Å². The number of methoxy groups -OCH3 is 1. The van der Waals surface area contributed by atoms with Crippen molar-refractivity contribution in [2.24, 2.45) is 0 Å². The van der Waals surface area contributed by atoms with E-state index in [0.29, 0.717) is 29.7 Å². The van der Waals surface area contributed by atoms with Crippen LogP contribution in [0.2, 0.25) is 0 Å². The van der Waals surface area contributed by atoms with E-state index in [9.17, 15) is 9.59 Å². The molecule has 0 unspecified atom stereocenters. The second-order valence-corrected chi connectivity index (χ2v) is 8.13. The minimum absolute atomic E-state index is 0.105. The van der Waals surface area contributed by atoms with Gasteiger partial charge in [-0.1, -0.05) is 6.07 Å². The summed E-state index contributed by atoms with van der Waals surface area (Å²) in [5, 5.41) is 9.84. The predicted molar refractivity (Wildman–Crippen MR) is 115 cm³/mol. The fourth-order valence-electron chi connectivity index (χ4n) is 4.43. The molecular weight excluding hydrogens is 430 g/mol. The van der Waals surface area contributed by atoms with E-state index in [0.717, 1.165) is 11.1 Å². The molecule has 172 valence electrons. The number of aromatic nitrogens is 3. The quantitative estimate of drug-likeness (QED) is 0.535. The first-order chi connectivity index (χ1) is 15.9. The largest absolute Gasteiger partial charge is 0.480 e. The summed E-state index contributed by atoms with van der Waals surface area (Å²) < 4.78 is 24.4. The Hall–Kier alpha value is -3.34. The highest BCUT2D eigenvalue weighted by Gasteiger charge is 2.49. The maximum atomic E-state index is 12.1. The average molecular weight is 453 g/mol. The van der Waals surface area contributed by atoms with E-state index in [-0.39, 0.29) is 42.8 Å². The van der Waals surface area contributed by atoms with Gasteiger partial charge in [-0.15, -0.1) is 0 Å². The van der Waals surface area contributed by atoms with Gasteiger partial charge in [0.1, 0.15) is 24.9 Å². The third-order valence-corrected chi connectivity index (χ3v) is 6.05. The Bertz CT molecular complexity index is 1210. The molecule has 10 heteroatoms. The second-order valence-electron chi connectivity index (χ2n) is 8.13. The van der Waals surface area contributed by atoms with Crippen molar-refractivity contribution < 1.29 is 33.6 Å². The molecule has 4 heterocycles. The standard InChI is InChI=1S/C23H23N3O7/c1-12(27)16-8-26(9-20(28)29)17-4-3-13(5-15(16)17)14-6-24-23(25-7-14)33-19-11-32-21-18(30-2)10-31-22(19)21/h3-8,18-19,21-22H,9-11H2,1-2H3,(H,28,29)/t18-,19-,21-,22-/m1/s1. The summed E-state index contributed by atoms with van der Waals surface area (Å²) in [6, 6.07) is 5.70. The summed E-state index contributed by atoms with van der Waals surface area (Å²) in [4.78, 5) is 31.9. The maximum Gasteiger partial charge on any atom is 0.323 e. The number of carbonyl (C=O) groups excluding carboxylic acids is 1. The molecule has 2 aromatic heterocycles. The number of carboxylic acids is 1. The monoisotopic (exact) mass is 453 g/mol. The van der Waals surface area contributed by atoms with Gasteiger partial charge >= 0.3 is 12.0 Å². The molecule has 0 spiro atoms. The molecule has 1 aromatic carbocycles. The lowest BCUT2D eigenvalue weighted by Crippen LogP contribution is -2.35. The highest BCUT2D eigenvalue weighted by atomic mass is 16.6. The van der Waals surface area contributed by atoms with Gasteiger partial charge in [0.25, 0.3) is 0 Å². The molecule has 10 nitrogen and oxygen atoms in total. The molecule has 3 aromatic rings. The molecule has 0 aliphatic carbocycles. The van der Waals surface area contributed by atoms with Crippen LogP contribution in [0.15, 0.2) is 36.8 Å². The van der Waals surface area contributed by atoms with E-state index in [1.54, 1.807) is 36.3 Å². The van der Waals surface area contributed by atoms with Crippen LogP contribution in [0.5, 0.6) is 6.01 Å². The fraction of sp³-hybridized carbons (Fsp3) is 0.391. The van der Waals surface area contributed by atoms with E-state index in [4.69, 9.17) is 24.1 Å². The van der Waals surface area contributed by atoms with Gasteiger partial charge in [0.05, 0.1) is 13.2 Å². The smallest absolute Gasteiger partial charge is 0.323 e. The highest BCUT2D eigenvalue weighted by molar-refractivity contribution is 6.08. The maximum absolute atomic E-state index is 12.1. The zero-order valence-electron chi connectivity index (χ0n) is 18.1. The molecule has 4 atom stereocenters. The van der Waals surface area contributed by atoms with Crippen LogP contribution >= 0.6 is 0 Å². The lowest BCUT2D eigenvalue weighted by molar-refractivity contribution is -0.137. The predicted octanol–water partition coefficient (Wildman–Crippen LogP) is 1.95. The summed E-state index contributed by atoms with van der Waals surface area (Å²) in [7, 11) is 1.63. The number of Topliss-reactive ketones (excluding diaryl/α,β-unsaturated/α-hetero) is 1. The molecule has 0 bridgehead atoms. The number of carboxylic acid groups (broad SMARTS) is 1. The molecule has 0 amide bonds. The Morgan fingerprint density at radius 3 is 2.48 bits per heavy atom. The number of carbonyl (C=O) groups is 2. The summed E-state index contributed by atoms with van der Waals surface area (Å²) in [5.41, 5.74) is 2.68. The third kappa shape index (κ3) is 3.97. The normalized spacial score (nSPS) is 24.2. The molecule has 2 aliphatic rings. The molecule has 2 saturated heterocycles. The molecule has 33 heavy (non-hydrogen) atoms. The molecule has 5 rings (SSSR count). The van der Waals surface area contributed by atoms with Gasteiger partial charge in [0.15, 0.2) is 11.9 Å². The number of hydrogen-bond acceptors (Lipinski definition) is 8. The minimum Gasteiger partial charge on any atom is -0.480 e. The molecular formula is C23H23N3O7. The Balaban J connectivity index is 1.37. The van der Waals surface area contributed by atoms with E-state index in [1.807, 2.05) is 12.1 Å². The van der Waals surface area contributed by atoms with Crippen molar-refractivity contribution >= 4 is 22.7 Å². The van der Waals surface area contributed by atoms with Crippen molar-refractivity contribution in [1.82, 2.24) is 14.5 Å². The molecule has 0 saturated carbocycles. The Kier molecular flexibility index (Phi) is 5.57. The minimum atomic E-state index is -0.977. The van der Waals surface area contributed by atoms with E-state index < -0.39 is 5.97 Å². The fourth-order valence-corrected chi connectivity index (χ4v) is 4.43. The number of rotatable bonds is 7. The third-order valence-electron chi connectivity index (χ3n) is 6.05. The van der Waals surface area contributed by atoms with Crippen LogP contribution in [0.4, 0.5) is 0 Å². The van der Waals surface area contributed by atoms with Crippen molar-refractivity contribution in [2.75, 3.05) is 20.3 Å². The van der Waals surface area contributed by atoms with Crippen molar-refractivity contribution in [1.29, 1.82) is 0 Å². The van der Waals surface area contributed by atoms with Crippen LogP contribution < -0.4 is 4.74 Å². The zero-order chi connectivity index (χ0) is 23.1. The SMILES string of the molecule is CO[C@@H]1CO[C@H]2[C@@H]1OC[C@H]2Oc1ncc(-c2ccc3c(c2)c(C(C)=O)cn3CC(=O)O)cn1. The molecule has 2 aliphatic heterocycles. The van der Waals surface area contributed by atoms with Gasteiger partial charge < -0.3 is 28.6 Å². The Morgan fingerprint density at radius 1 is 1.12 bits per heavy atom. The van der Waals surface area contributed by atoms with Crippen molar-refractivity contribution in [2.45, 2.75) is 37.9 Å². The van der Waals surface area contributed by atoms with Crippen LogP contribution in [-0.4, -0.2) is 76.1 Å². The van der Waals surface area contributed by atoms with Crippen molar-refractivity contribution in [3.63, 3.8) is 0 Å². The van der Waals surface area contributed by atoms with Crippen LogP contribution in [0.3, 0.4) is 0 Å². The molecule has 2 fully saturated rings. The van der Waals surface area contributed by atoms with Crippen molar-refractivity contribution in [3.8, 4) is 17.1 Å². The molecule has 0 radical (unpaired) electrons. The Labute approximate surface area is 189 Å². The van der Waals surface area contributed by atoms with Gasteiger partial charge in [0, 0.05) is 47.7 Å².